The van der Waals surface area contributed by atoms with Crippen LogP contribution < -0.4 is 16.1 Å². The first-order valence-electron chi connectivity index (χ1n) is 13.8. The number of hydrogen-bond acceptors (Lipinski definition) is 5. The van der Waals surface area contributed by atoms with Gasteiger partial charge >= 0.3 is 0 Å². The minimum Gasteiger partial charge on any atom is -0.440 e. The van der Waals surface area contributed by atoms with Gasteiger partial charge in [0.15, 0.2) is 6.29 Å². The van der Waals surface area contributed by atoms with Crippen LogP contribution in [0.1, 0.15) is 33.5 Å². The molecule has 2 N–H and O–H groups in total. The molecular weight excluding hydrogens is 508 g/mol. The Morgan fingerprint density at radius 2 is 1.22 bits per heavy atom. The summed E-state index contributed by atoms with van der Waals surface area (Å²) in [4.78, 5) is 25.3. The highest BCUT2D eigenvalue weighted by molar-refractivity contribution is 6.07. The number of carbonyl (C=O) groups is 1. The maximum atomic E-state index is 13.3. The van der Waals surface area contributed by atoms with E-state index in [1.165, 1.54) is 0 Å². The summed E-state index contributed by atoms with van der Waals surface area (Å²) in [5.41, 5.74) is 3.00. The van der Waals surface area contributed by atoms with Crippen LogP contribution in [-0.4, -0.2) is 19.4 Å². The van der Waals surface area contributed by atoms with Crippen molar-refractivity contribution < 1.29 is 9.21 Å². The molecule has 41 heavy (non-hydrogen) atoms. The Morgan fingerprint density at radius 1 is 0.659 bits per heavy atom. The number of carbonyl (C=O) groups excluding carboxylic acids is 1. The predicted molar refractivity (Wildman–Crippen MR) is 166 cm³/mol. The van der Waals surface area contributed by atoms with Crippen LogP contribution in [0.5, 0.6) is 0 Å². The van der Waals surface area contributed by atoms with Gasteiger partial charge in [0.05, 0.1) is 10.9 Å². The van der Waals surface area contributed by atoms with Crippen LogP contribution in [0.15, 0.2) is 137 Å². The molecule has 1 heterocycles. The van der Waals surface area contributed by atoms with Crippen molar-refractivity contribution in [3.8, 4) is 0 Å². The molecule has 5 heteroatoms. The molecule has 0 saturated heterocycles. The third-order valence-electron chi connectivity index (χ3n) is 7.59. The van der Waals surface area contributed by atoms with Crippen molar-refractivity contribution in [2.24, 2.45) is 0 Å². The molecule has 1 aromatic heterocycles. The topological polar surface area (TPSA) is 71.3 Å². The zero-order valence-corrected chi connectivity index (χ0v) is 22.5. The van der Waals surface area contributed by atoms with Gasteiger partial charge in [0, 0.05) is 6.54 Å². The highest BCUT2D eigenvalue weighted by Gasteiger charge is 2.35. The van der Waals surface area contributed by atoms with Crippen molar-refractivity contribution in [3.63, 3.8) is 0 Å². The van der Waals surface area contributed by atoms with Crippen molar-refractivity contribution in [1.29, 1.82) is 0 Å². The Hall–Kier alpha value is -5.00. The predicted octanol–water partition coefficient (Wildman–Crippen LogP) is 7.14. The van der Waals surface area contributed by atoms with E-state index in [-0.39, 0.29) is 16.9 Å². The van der Waals surface area contributed by atoms with E-state index in [1.54, 1.807) is 6.07 Å². The highest BCUT2D eigenvalue weighted by Crippen LogP contribution is 2.36. The second-order valence-electron chi connectivity index (χ2n) is 10.0. The molecule has 0 aliphatic carbocycles. The quantitative estimate of drug-likeness (QED) is 0.0839. The van der Waals surface area contributed by atoms with Gasteiger partial charge in [-0.15, -0.1) is 0 Å². The fraction of sp³-hybridized carbons (Fsp3) is 0.111. The summed E-state index contributed by atoms with van der Waals surface area (Å²) in [6.45, 7) is 1.16. The molecule has 6 aromatic rings. The van der Waals surface area contributed by atoms with Gasteiger partial charge in [0.1, 0.15) is 11.1 Å². The lowest BCUT2D eigenvalue weighted by Crippen LogP contribution is -2.45. The van der Waals surface area contributed by atoms with Gasteiger partial charge in [-0.05, 0) is 46.5 Å². The summed E-state index contributed by atoms with van der Waals surface area (Å²) in [5.74, 6) is 0.202. The van der Waals surface area contributed by atoms with Crippen LogP contribution in [0.3, 0.4) is 0 Å². The van der Waals surface area contributed by atoms with Crippen LogP contribution in [0.2, 0.25) is 0 Å². The second kappa shape index (κ2) is 11.6. The van der Waals surface area contributed by atoms with E-state index in [9.17, 15) is 9.59 Å². The zero-order chi connectivity index (χ0) is 28.1. The van der Waals surface area contributed by atoms with Crippen molar-refractivity contribution in [1.82, 2.24) is 5.32 Å². The SMILES string of the molecule is O=Cc1c(NCCCNC(c2ccccc2)(c2ccccc2)c2ccccc2)oc2ccc3ccccc3c2c1=O. The first-order chi connectivity index (χ1) is 20.2. The van der Waals surface area contributed by atoms with Crippen LogP contribution >= 0.6 is 0 Å². The van der Waals surface area contributed by atoms with Crippen LogP contribution in [0, 0.1) is 0 Å². The van der Waals surface area contributed by atoms with Crippen molar-refractivity contribution in [2.45, 2.75) is 12.0 Å². The fourth-order valence-corrected chi connectivity index (χ4v) is 5.65. The van der Waals surface area contributed by atoms with Crippen LogP contribution in [0.4, 0.5) is 5.88 Å². The minimum absolute atomic E-state index is 0.00835. The number of hydrogen-bond donors (Lipinski definition) is 2. The molecule has 0 amide bonds. The first-order valence-corrected chi connectivity index (χ1v) is 13.8. The monoisotopic (exact) mass is 538 g/mol. The van der Waals surface area contributed by atoms with E-state index in [0.29, 0.717) is 36.8 Å². The number of aldehydes is 1. The van der Waals surface area contributed by atoms with Gasteiger partial charge in [-0.2, -0.15) is 0 Å². The normalized spacial score (nSPS) is 11.5. The van der Waals surface area contributed by atoms with Gasteiger partial charge in [-0.1, -0.05) is 121 Å². The number of benzene rings is 5. The van der Waals surface area contributed by atoms with Crippen LogP contribution in [-0.2, 0) is 5.54 Å². The summed E-state index contributed by atoms with van der Waals surface area (Å²) in [5, 5.41) is 9.20. The molecule has 6 rings (SSSR count). The van der Waals surface area contributed by atoms with Gasteiger partial charge in [0.2, 0.25) is 11.3 Å². The molecule has 5 nitrogen and oxygen atoms in total. The Labute approximate surface area is 238 Å². The van der Waals surface area contributed by atoms with E-state index in [2.05, 4.69) is 83.4 Å². The molecule has 0 aliphatic rings. The lowest BCUT2D eigenvalue weighted by Gasteiger charge is -2.37. The Bertz CT molecular complexity index is 1750. The summed E-state index contributed by atoms with van der Waals surface area (Å²) in [7, 11) is 0. The Kier molecular flexibility index (Phi) is 7.44. The Morgan fingerprint density at radius 3 is 1.80 bits per heavy atom. The zero-order valence-electron chi connectivity index (χ0n) is 22.5. The molecule has 0 radical (unpaired) electrons. The van der Waals surface area contributed by atoms with E-state index in [0.717, 1.165) is 27.5 Å². The maximum Gasteiger partial charge on any atom is 0.208 e. The molecule has 0 spiro atoms. The second-order valence-corrected chi connectivity index (χ2v) is 10.0. The van der Waals surface area contributed by atoms with E-state index in [4.69, 9.17) is 4.42 Å². The number of nitrogens with one attached hydrogen (secondary N) is 2. The minimum atomic E-state index is -0.561. The summed E-state index contributed by atoms with van der Waals surface area (Å²) in [6, 6.07) is 42.6. The standard InChI is InChI=1S/C36H30N2O3/c39-25-31-34(40)33-30-20-11-10-13-26(30)21-22-32(33)41-35(31)37-23-12-24-38-36(27-14-4-1-5-15-27,28-16-6-2-7-17-28)29-18-8-3-9-19-29/h1-11,13-22,25,37-38H,12,23-24H2. The molecule has 0 aliphatic heterocycles. The van der Waals surface area contributed by atoms with E-state index >= 15 is 0 Å². The molecular formula is C36H30N2O3. The maximum absolute atomic E-state index is 13.3. The smallest absolute Gasteiger partial charge is 0.208 e. The van der Waals surface area contributed by atoms with Crippen molar-refractivity contribution >= 4 is 33.9 Å². The molecule has 0 saturated carbocycles. The van der Waals surface area contributed by atoms with Gasteiger partial charge in [-0.25, -0.2) is 0 Å². The van der Waals surface area contributed by atoms with Gasteiger partial charge < -0.3 is 9.73 Å². The number of anilines is 1. The van der Waals surface area contributed by atoms with E-state index in [1.807, 2.05) is 48.5 Å². The van der Waals surface area contributed by atoms with Crippen molar-refractivity contribution in [2.75, 3.05) is 18.4 Å². The van der Waals surface area contributed by atoms with Gasteiger partial charge in [-0.3, -0.25) is 14.9 Å². The van der Waals surface area contributed by atoms with E-state index < -0.39 is 5.54 Å². The fourth-order valence-electron chi connectivity index (χ4n) is 5.65. The van der Waals surface area contributed by atoms with Crippen LogP contribution in [0.25, 0.3) is 21.7 Å². The molecule has 0 unspecified atom stereocenters. The Balaban J connectivity index is 1.27. The summed E-state index contributed by atoms with van der Waals surface area (Å²) < 4.78 is 6.07. The van der Waals surface area contributed by atoms with Crippen molar-refractivity contribution in [3.05, 3.63) is 160 Å². The summed E-state index contributed by atoms with van der Waals surface area (Å²) in [6.07, 6.45) is 1.30. The molecule has 0 atom stereocenters. The third-order valence-corrected chi connectivity index (χ3v) is 7.59. The summed E-state index contributed by atoms with van der Waals surface area (Å²) >= 11 is 0. The third kappa shape index (κ3) is 4.92. The lowest BCUT2D eigenvalue weighted by atomic mass is 9.77. The first kappa shape index (κ1) is 26.2. The number of fused-ring (bicyclic) bond motifs is 3. The molecule has 5 aromatic carbocycles. The molecule has 0 bridgehead atoms. The largest absolute Gasteiger partial charge is 0.440 e. The molecule has 202 valence electrons. The van der Waals surface area contributed by atoms with Gasteiger partial charge in [0.25, 0.3) is 0 Å². The molecule has 0 fully saturated rings. The average Bonchev–Trinajstić information content (AvgIpc) is 3.04. The highest BCUT2D eigenvalue weighted by atomic mass is 16.3. The average molecular weight is 539 g/mol. The lowest BCUT2D eigenvalue weighted by molar-refractivity contribution is 0.112. The number of rotatable bonds is 10.